The van der Waals surface area contributed by atoms with Gasteiger partial charge in [0.1, 0.15) is 5.82 Å². The van der Waals surface area contributed by atoms with E-state index in [1.165, 1.54) is 42.7 Å². The molecular weight excluding hydrogens is 347 g/mol. The van der Waals surface area contributed by atoms with E-state index in [0.717, 1.165) is 0 Å². The van der Waals surface area contributed by atoms with Gasteiger partial charge in [0.25, 0.3) is 11.8 Å². The number of benzene rings is 2. The lowest BCUT2D eigenvalue weighted by Gasteiger charge is -2.08. The van der Waals surface area contributed by atoms with Gasteiger partial charge in [0.2, 0.25) is 0 Å². The van der Waals surface area contributed by atoms with Crippen molar-refractivity contribution in [2.45, 2.75) is 0 Å². The Bertz CT molecular complexity index is 1060. The van der Waals surface area contributed by atoms with Gasteiger partial charge in [-0.25, -0.2) is 4.39 Å². The summed E-state index contributed by atoms with van der Waals surface area (Å²) in [6.07, 6.45) is 2.63. The number of hydrogen-bond donors (Lipinski definition) is 2. The maximum atomic E-state index is 13.2. The van der Waals surface area contributed by atoms with Crippen molar-refractivity contribution < 1.29 is 14.0 Å². The van der Waals surface area contributed by atoms with Crippen LogP contribution in [-0.4, -0.2) is 16.8 Å². The molecule has 2 N–H and O–H groups in total. The van der Waals surface area contributed by atoms with E-state index in [9.17, 15) is 14.0 Å². The van der Waals surface area contributed by atoms with Gasteiger partial charge in [-0.15, -0.1) is 0 Å². The summed E-state index contributed by atoms with van der Waals surface area (Å²) in [6.45, 7) is 0. The maximum absolute atomic E-state index is 13.2. The van der Waals surface area contributed by atoms with Crippen LogP contribution in [0.2, 0.25) is 0 Å². The summed E-state index contributed by atoms with van der Waals surface area (Å²) in [5, 5.41) is 14.1. The Hall–Kier alpha value is -4.05. The number of carbonyl (C=O) groups is 2. The number of amides is 2. The summed E-state index contributed by atoms with van der Waals surface area (Å²) >= 11 is 0. The molecule has 0 saturated carbocycles. The highest BCUT2D eigenvalue weighted by Crippen LogP contribution is 2.14. The molecule has 0 aliphatic carbocycles. The molecule has 132 valence electrons. The molecule has 3 aromatic rings. The predicted octanol–water partition coefficient (Wildman–Crippen LogP) is 3.60. The van der Waals surface area contributed by atoms with Gasteiger partial charge in [-0.2, -0.15) is 5.26 Å². The highest BCUT2D eigenvalue weighted by atomic mass is 19.1. The van der Waals surface area contributed by atoms with Crippen LogP contribution in [0.3, 0.4) is 0 Å². The minimum atomic E-state index is -0.519. The highest BCUT2D eigenvalue weighted by Gasteiger charge is 2.12. The number of nitriles is 1. The van der Waals surface area contributed by atoms with E-state index >= 15 is 0 Å². The summed E-state index contributed by atoms with van der Waals surface area (Å²) in [5.41, 5.74) is 1.48. The fourth-order valence-electron chi connectivity index (χ4n) is 2.33. The Labute approximate surface area is 154 Å². The standard InChI is InChI=1S/C20H13FN4O2/c21-16-4-2-6-18(9-16)25-20(27)15-8-14(11-23-12-15)19(26)24-17-5-1-3-13(7-17)10-22/h1-9,11-12H,(H,24,26)(H,25,27). The molecule has 0 aliphatic rings. The van der Waals surface area contributed by atoms with Gasteiger partial charge in [-0.1, -0.05) is 12.1 Å². The molecule has 27 heavy (non-hydrogen) atoms. The normalized spacial score (nSPS) is 9.93. The minimum absolute atomic E-state index is 0.151. The largest absolute Gasteiger partial charge is 0.322 e. The van der Waals surface area contributed by atoms with Gasteiger partial charge in [0.05, 0.1) is 22.8 Å². The number of carbonyl (C=O) groups excluding carboxylic acids is 2. The fourth-order valence-corrected chi connectivity index (χ4v) is 2.33. The van der Waals surface area contributed by atoms with E-state index in [-0.39, 0.29) is 11.1 Å². The molecule has 0 atom stereocenters. The Morgan fingerprint density at radius 3 is 2.07 bits per heavy atom. The molecule has 0 aliphatic heterocycles. The van der Waals surface area contributed by atoms with Crippen molar-refractivity contribution in [3.05, 3.63) is 89.5 Å². The lowest BCUT2D eigenvalue weighted by molar-refractivity contribution is 0.102. The molecule has 2 amide bonds. The molecule has 0 radical (unpaired) electrons. The van der Waals surface area contributed by atoms with Crippen LogP contribution >= 0.6 is 0 Å². The second-order valence-corrected chi connectivity index (χ2v) is 5.57. The van der Waals surface area contributed by atoms with E-state index < -0.39 is 17.6 Å². The smallest absolute Gasteiger partial charge is 0.257 e. The van der Waals surface area contributed by atoms with Crippen LogP contribution in [0, 0.1) is 17.1 Å². The van der Waals surface area contributed by atoms with Crippen LogP contribution in [0.15, 0.2) is 67.0 Å². The summed E-state index contributed by atoms with van der Waals surface area (Å²) in [4.78, 5) is 28.6. The third kappa shape index (κ3) is 4.52. The van der Waals surface area contributed by atoms with E-state index in [1.54, 1.807) is 24.3 Å². The molecule has 0 saturated heterocycles. The zero-order chi connectivity index (χ0) is 19.2. The van der Waals surface area contributed by atoms with Crippen molar-refractivity contribution in [1.29, 1.82) is 5.26 Å². The minimum Gasteiger partial charge on any atom is -0.322 e. The molecule has 1 heterocycles. The van der Waals surface area contributed by atoms with Crippen LogP contribution in [0.1, 0.15) is 26.3 Å². The predicted molar refractivity (Wildman–Crippen MR) is 97.7 cm³/mol. The molecule has 6 nitrogen and oxygen atoms in total. The number of hydrogen-bond acceptors (Lipinski definition) is 4. The number of nitrogens with zero attached hydrogens (tertiary/aromatic N) is 2. The van der Waals surface area contributed by atoms with E-state index in [1.807, 2.05) is 6.07 Å². The zero-order valence-electron chi connectivity index (χ0n) is 13.9. The van der Waals surface area contributed by atoms with Gasteiger partial charge < -0.3 is 10.6 Å². The van der Waals surface area contributed by atoms with E-state index in [2.05, 4.69) is 15.6 Å². The quantitative estimate of drug-likeness (QED) is 0.743. The van der Waals surface area contributed by atoms with Gasteiger partial charge in [-0.05, 0) is 42.5 Å². The first-order valence-corrected chi connectivity index (χ1v) is 7.88. The van der Waals surface area contributed by atoms with Crippen molar-refractivity contribution in [2.24, 2.45) is 0 Å². The summed E-state index contributed by atoms with van der Waals surface area (Å²) in [5.74, 6) is -1.47. The lowest BCUT2D eigenvalue weighted by Crippen LogP contribution is -2.16. The second-order valence-electron chi connectivity index (χ2n) is 5.57. The number of pyridine rings is 1. The Balaban J connectivity index is 1.75. The SMILES string of the molecule is N#Cc1cccc(NC(=O)c2cncc(C(=O)Nc3cccc(F)c3)c2)c1. The van der Waals surface area contributed by atoms with Crippen molar-refractivity contribution in [1.82, 2.24) is 4.98 Å². The van der Waals surface area contributed by atoms with Crippen molar-refractivity contribution in [3.8, 4) is 6.07 Å². The van der Waals surface area contributed by atoms with E-state index in [0.29, 0.717) is 16.9 Å². The Morgan fingerprint density at radius 2 is 1.48 bits per heavy atom. The first-order valence-electron chi connectivity index (χ1n) is 7.88. The Kier molecular flexibility index (Phi) is 5.19. The molecular formula is C20H13FN4O2. The maximum Gasteiger partial charge on any atom is 0.257 e. The molecule has 0 spiro atoms. The molecule has 2 aromatic carbocycles. The summed E-state index contributed by atoms with van der Waals surface area (Å²) in [7, 11) is 0. The molecule has 1 aromatic heterocycles. The molecule has 0 bridgehead atoms. The third-order valence-corrected chi connectivity index (χ3v) is 3.59. The molecule has 7 heteroatoms. The van der Waals surface area contributed by atoms with Gasteiger partial charge in [0, 0.05) is 23.8 Å². The number of rotatable bonds is 4. The molecule has 0 unspecified atom stereocenters. The number of anilines is 2. The number of aromatic nitrogens is 1. The summed E-state index contributed by atoms with van der Waals surface area (Å²) in [6, 6.07) is 15.3. The first-order chi connectivity index (χ1) is 13.0. The number of nitrogens with one attached hydrogen (secondary N) is 2. The average Bonchev–Trinajstić information content (AvgIpc) is 2.68. The van der Waals surface area contributed by atoms with Crippen LogP contribution in [0.4, 0.5) is 15.8 Å². The van der Waals surface area contributed by atoms with Gasteiger partial charge in [0.15, 0.2) is 0 Å². The van der Waals surface area contributed by atoms with Gasteiger partial charge in [-0.3, -0.25) is 14.6 Å². The van der Waals surface area contributed by atoms with E-state index in [4.69, 9.17) is 5.26 Å². The lowest BCUT2D eigenvalue weighted by atomic mass is 10.1. The van der Waals surface area contributed by atoms with Gasteiger partial charge >= 0.3 is 0 Å². The fraction of sp³-hybridized carbons (Fsp3) is 0. The van der Waals surface area contributed by atoms with Crippen LogP contribution in [-0.2, 0) is 0 Å². The third-order valence-electron chi connectivity index (χ3n) is 3.59. The van der Waals surface area contributed by atoms with Crippen LogP contribution < -0.4 is 10.6 Å². The molecule has 3 rings (SSSR count). The second kappa shape index (κ2) is 7.89. The average molecular weight is 360 g/mol. The zero-order valence-corrected chi connectivity index (χ0v) is 13.9. The summed E-state index contributed by atoms with van der Waals surface area (Å²) < 4.78 is 13.2. The first kappa shape index (κ1) is 17.8. The molecule has 0 fully saturated rings. The Morgan fingerprint density at radius 1 is 0.889 bits per heavy atom. The monoisotopic (exact) mass is 360 g/mol. The van der Waals surface area contributed by atoms with Crippen molar-refractivity contribution in [2.75, 3.05) is 10.6 Å². The highest BCUT2D eigenvalue weighted by molar-refractivity contribution is 6.08. The van der Waals surface area contributed by atoms with Crippen molar-refractivity contribution in [3.63, 3.8) is 0 Å². The van der Waals surface area contributed by atoms with Crippen LogP contribution in [0.5, 0.6) is 0 Å². The van der Waals surface area contributed by atoms with Crippen molar-refractivity contribution >= 4 is 23.2 Å². The topological polar surface area (TPSA) is 94.9 Å². The number of halogens is 1. The van der Waals surface area contributed by atoms with Crippen LogP contribution in [0.25, 0.3) is 0 Å².